The highest BCUT2D eigenvalue weighted by atomic mass is 16.5. The first-order valence-electron chi connectivity index (χ1n) is 7.46. The minimum Gasteiger partial charge on any atom is -0.507 e. The van der Waals surface area contributed by atoms with Crippen LogP contribution in [-0.2, 0) is 6.54 Å². The van der Waals surface area contributed by atoms with Gasteiger partial charge in [0, 0.05) is 35.8 Å². The second kappa shape index (κ2) is 6.00. The number of hydrogen-bond donors (Lipinski definition) is 1. The average molecular weight is 318 g/mol. The number of hydrogen-bond acceptors (Lipinski definition) is 5. The van der Waals surface area contributed by atoms with Gasteiger partial charge in [-0.25, -0.2) is 4.98 Å². The number of phenolic OH excluding ortho intramolecular Hbond substituents is 1. The van der Waals surface area contributed by atoms with E-state index in [1.54, 1.807) is 43.0 Å². The van der Waals surface area contributed by atoms with E-state index in [-0.39, 0.29) is 5.75 Å². The molecule has 6 heteroatoms. The quantitative estimate of drug-likeness (QED) is 0.624. The molecule has 24 heavy (non-hydrogen) atoms. The third kappa shape index (κ3) is 2.77. The highest BCUT2D eigenvalue weighted by Gasteiger charge is 2.11. The third-order valence-corrected chi connectivity index (χ3v) is 3.70. The number of aromatic hydroxyl groups is 1. The van der Waals surface area contributed by atoms with E-state index in [1.165, 1.54) is 0 Å². The van der Waals surface area contributed by atoms with E-state index in [2.05, 4.69) is 15.1 Å². The van der Waals surface area contributed by atoms with Crippen LogP contribution < -0.4 is 0 Å². The van der Waals surface area contributed by atoms with E-state index in [1.807, 2.05) is 29.0 Å². The molecule has 0 aliphatic rings. The summed E-state index contributed by atoms with van der Waals surface area (Å²) in [5.74, 6) is 0.779. The molecule has 0 fully saturated rings. The van der Waals surface area contributed by atoms with Crippen molar-refractivity contribution < 1.29 is 9.63 Å². The Balaban J connectivity index is 1.57. The Kier molecular flexibility index (Phi) is 3.55. The first-order chi connectivity index (χ1) is 11.8. The van der Waals surface area contributed by atoms with Gasteiger partial charge in [-0.2, -0.15) is 0 Å². The Morgan fingerprint density at radius 3 is 2.79 bits per heavy atom. The molecule has 0 spiro atoms. The van der Waals surface area contributed by atoms with Gasteiger partial charge in [0.05, 0.1) is 18.6 Å². The van der Waals surface area contributed by atoms with Crippen molar-refractivity contribution >= 4 is 0 Å². The highest BCUT2D eigenvalue weighted by molar-refractivity contribution is 5.70. The fraction of sp³-hybridized carbons (Fsp3) is 0.0556. The minimum atomic E-state index is 0.172. The van der Waals surface area contributed by atoms with Crippen LogP contribution in [0.1, 0.15) is 5.69 Å². The van der Waals surface area contributed by atoms with Crippen molar-refractivity contribution in [3.63, 3.8) is 0 Å². The van der Waals surface area contributed by atoms with Gasteiger partial charge in [-0.05, 0) is 24.3 Å². The van der Waals surface area contributed by atoms with Crippen LogP contribution in [-0.4, -0.2) is 24.8 Å². The molecule has 0 unspecified atom stereocenters. The zero-order chi connectivity index (χ0) is 16.4. The summed E-state index contributed by atoms with van der Waals surface area (Å²) in [6.45, 7) is 0.666. The molecular formula is C18H14N4O2. The number of para-hydroxylation sites is 1. The number of nitrogens with zero attached hydrogens (tertiary/aromatic N) is 4. The van der Waals surface area contributed by atoms with Gasteiger partial charge in [-0.1, -0.05) is 17.3 Å². The lowest BCUT2D eigenvalue weighted by molar-refractivity contribution is 0.433. The normalized spacial score (nSPS) is 10.8. The zero-order valence-corrected chi connectivity index (χ0v) is 12.7. The summed E-state index contributed by atoms with van der Waals surface area (Å²) in [4.78, 5) is 8.46. The van der Waals surface area contributed by atoms with E-state index < -0.39 is 0 Å². The molecular weight excluding hydrogens is 304 g/mol. The van der Waals surface area contributed by atoms with Crippen molar-refractivity contribution in [3.8, 4) is 28.3 Å². The third-order valence-electron chi connectivity index (χ3n) is 3.70. The second-order valence-electron chi connectivity index (χ2n) is 5.37. The molecule has 0 saturated heterocycles. The maximum atomic E-state index is 9.90. The van der Waals surface area contributed by atoms with Crippen LogP contribution in [0.25, 0.3) is 22.6 Å². The highest BCUT2D eigenvalue weighted by Crippen LogP contribution is 2.30. The first kappa shape index (κ1) is 14.2. The van der Waals surface area contributed by atoms with Crippen LogP contribution in [0, 0.1) is 0 Å². The zero-order valence-electron chi connectivity index (χ0n) is 12.7. The average Bonchev–Trinajstić information content (AvgIpc) is 3.28. The summed E-state index contributed by atoms with van der Waals surface area (Å²) in [5, 5.41) is 13.9. The van der Waals surface area contributed by atoms with Crippen LogP contribution in [0.5, 0.6) is 5.75 Å². The Labute approximate surface area is 138 Å². The number of imidazole rings is 1. The first-order valence-corrected chi connectivity index (χ1v) is 7.46. The van der Waals surface area contributed by atoms with Gasteiger partial charge in [0.25, 0.3) is 0 Å². The van der Waals surface area contributed by atoms with Crippen LogP contribution in [0.15, 0.2) is 71.9 Å². The molecule has 1 aromatic carbocycles. The molecule has 4 rings (SSSR count). The van der Waals surface area contributed by atoms with E-state index >= 15 is 0 Å². The predicted molar refractivity (Wildman–Crippen MR) is 88.2 cm³/mol. The monoisotopic (exact) mass is 318 g/mol. The summed E-state index contributed by atoms with van der Waals surface area (Å²) < 4.78 is 7.34. The Morgan fingerprint density at radius 1 is 1.12 bits per heavy atom. The lowest BCUT2D eigenvalue weighted by Crippen LogP contribution is -1.98. The standard InChI is InChI=1S/C18H14N4O2/c23-17-4-2-1-3-15(17)16-9-18(24-21-16)13-5-6-14(20-10-13)11-22-8-7-19-12-22/h1-10,12,23H,11H2. The lowest BCUT2D eigenvalue weighted by atomic mass is 10.1. The molecule has 0 radical (unpaired) electrons. The number of rotatable bonds is 4. The predicted octanol–water partition coefficient (Wildman–Crippen LogP) is 3.35. The number of aromatic nitrogens is 4. The molecule has 0 saturated carbocycles. The van der Waals surface area contributed by atoms with Gasteiger partial charge in [-0.15, -0.1) is 0 Å². The molecule has 3 aromatic heterocycles. The summed E-state index contributed by atoms with van der Waals surface area (Å²) in [5.41, 5.74) is 2.98. The summed E-state index contributed by atoms with van der Waals surface area (Å²) in [7, 11) is 0. The van der Waals surface area contributed by atoms with Crippen molar-refractivity contribution in [2.24, 2.45) is 0 Å². The number of pyridine rings is 1. The van der Waals surface area contributed by atoms with Gasteiger partial charge in [0.1, 0.15) is 11.4 Å². The van der Waals surface area contributed by atoms with Crippen molar-refractivity contribution in [3.05, 3.63) is 73.1 Å². The molecule has 0 atom stereocenters. The molecule has 0 aliphatic heterocycles. The molecule has 1 N–H and O–H groups in total. The van der Waals surface area contributed by atoms with Crippen LogP contribution in [0.4, 0.5) is 0 Å². The van der Waals surface area contributed by atoms with Crippen molar-refractivity contribution in [2.75, 3.05) is 0 Å². The summed E-state index contributed by atoms with van der Waals surface area (Å²) in [6, 6.07) is 12.7. The minimum absolute atomic E-state index is 0.172. The summed E-state index contributed by atoms with van der Waals surface area (Å²) in [6.07, 6.45) is 7.14. The van der Waals surface area contributed by atoms with E-state index in [0.717, 1.165) is 11.3 Å². The van der Waals surface area contributed by atoms with Gasteiger partial charge in [0.2, 0.25) is 0 Å². The molecule has 0 bridgehead atoms. The molecule has 0 aliphatic carbocycles. The van der Waals surface area contributed by atoms with Crippen molar-refractivity contribution in [1.29, 1.82) is 0 Å². The Morgan fingerprint density at radius 2 is 2.04 bits per heavy atom. The fourth-order valence-corrected chi connectivity index (χ4v) is 2.46. The van der Waals surface area contributed by atoms with Gasteiger partial charge < -0.3 is 14.2 Å². The van der Waals surface area contributed by atoms with Crippen molar-refractivity contribution in [1.82, 2.24) is 19.7 Å². The second-order valence-corrected chi connectivity index (χ2v) is 5.37. The van der Waals surface area contributed by atoms with Crippen LogP contribution >= 0.6 is 0 Å². The van der Waals surface area contributed by atoms with Gasteiger partial charge in [-0.3, -0.25) is 4.98 Å². The molecule has 0 amide bonds. The Hall–Kier alpha value is -3.41. The Bertz CT molecular complexity index is 943. The summed E-state index contributed by atoms with van der Waals surface area (Å²) >= 11 is 0. The SMILES string of the molecule is Oc1ccccc1-c1cc(-c2ccc(Cn3ccnc3)nc2)on1. The van der Waals surface area contributed by atoms with Crippen LogP contribution in [0.2, 0.25) is 0 Å². The van der Waals surface area contributed by atoms with E-state index in [0.29, 0.717) is 23.6 Å². The van der Waals surface area contributed by atoms with Crippen molar-refractivity contribution in [2.45, 2.75) is 6.54 Å². The molecule has 3 heterocycles. The molecule has 118 valence electrons. The maximum absolute atomic E-state index is 9.90. The molecule has 4 aromatic rings. The van der Waals surface area contributed by atoms with E-state index in [4.69, 9.17) is 4.52 Å². The van der Waals surface area contributed by atoms with E-state index in [9.17, 15) is 5.11 Å². The smallest absolute Gasteiger partial charge is 0.169 e. The largest absolute Gasteiger partial charge is 0.507 e. The topological polar surface area (TPSA) is 77.0 Å². The molecule has 6 nitrogen and oxygen atoms in total. The van der Waals surface area contributed by atoms with Gasteiger partial charge >= 0.3 is 0 Å². The fourth-order valence-electron chi connectivity index (χ4n) is 2.46. The van der Waals surface area contributed by atoms with Gasteiger partial charge in [0.15, 0.2) is 5.76 Å². The number of benzene rings is 1. The van der Waals surface area contributed by atoms with Crippen LogP contribution in [0.3, 0.4) is 0 Å². The maximum Gasteiger partial charge on any atom is 0.169 e. The lowest BCUT2D eigenvalue weighted by Gasteiger charge is -2.02. The number of phenols is 1.